The number of methoxy groups -OCH3 is 1. The topological polar surface area (TPSA) is 67.4 Å². The maximum absolute atomic E-state index is 12.1. The first kappa shape index (κ1) is 18.7. The number of amides is 2. The molecule has 0 bridgehead atoms. The van der Waals surface area contributed by atoms with Gasteiger partial charge in [-0.3, -0.25) is 9.59 Å². The molecule has 2 amide bonds. The quantitative estimate of drug-likeness (QED) is 0.725. The third kappa shape index (κ3) is 6.08. The molecule has 0 saturated carbocycles. The molecule has 2 N–H and O–H groups in total. The monoisotopic (exact) mass is 402 g/mol. The van der Waals surface area contributed by atoms with Crippen LogP contribution in [0.25, 0.3) is 6.08 Å². The van der Waals surface area contributed by atoms with E-state index in [2.05, 4.69) is 26.6 Å². The van der Waals surface area contributed by atoms with Gasteiger partial charge in [0.25, 0.3) is 0 Å². The first-order valence-electron chi connectivity index (χ1n) is 7.67. The minimum Gasteiger partial charge on any atom is -0.497 e. The van der Waals surface area contributed by atoms with E-state index < -0.39 is 6.04 Å². The molecule has 1 unspecified atom stereocenters. The van der Waals surface area contributed by atoms with Gasteiger partial charge in [-0.25, -0.2) is 0 Å². The van der Waals surface area contributed by atoms with Crippen LogP contribution in [0.4, 0.5) is 5.69 Å². The highest BCUT2D eigenvalue weighted by molar-refractivity contribution is 9.10. The standard InChI is InChI=1S/C19H19BrN2O3/c1-13(19(24)22-16-8-6-15(20)7-9-16)21-18(23)12-5-14-3-10-17(25-2)11-4-14/h3-13H,1-2H3,(H,21,23)(H,22,24)/b12-5+. The zero-order chi connectivity index (χ0) is 18.2. The summed E-state index contributed by atoms with van der Waals surface area (Å²) in [4.78, 5) is 24.0. The molecule has 130 valence electrons. The normalized spacial score (nSPS) is 11.8. The van der Waals surface area contributed by atoms with Crippen molar-refractivity contribution < 1.29 is 14.3 Å². The van der Waals surface area contributed by atoms with Crippen molar-refractivity contribution in [3.63, 3.8) is 0 Å². The van der Waals surface area contributed by atoms with E-state index in [1.165, 1.54) is 6.08 Å². The largest absolute Gasteiger partial charge is 0.497 e. The van der Waals surface area contributed by atoms with Crippen LogP contribution in [-0.2, 0) is 9.59 Å². The van der Waals surface area contributed by atoms with E-state index in [-0.39, 0.29) is 11.8 Å². The summed E-state index contributed by atoms with van der Waals surface area (Å²) in [6.45, 7) is 1.63. The van der Waals surface area contributed by atoms with Crippen molar-refractivity contribution in [3.05, 3.63) is 64.6 Å². The van der Waals surface area contributed by atoms with E-state index in [1.807, 2.05) is 36.4 Å². The van der Waals surface area contributed by atoms with E-state index in [9.17, 15) is 9.59 Å². The lowest BCUT2D eigenvalue weighted by Crippen LogP contribution is -2.40. The Hall–Kier alpha value is -2.60. The van der Waals surface area contributed by atoms with Gasteiger partial charge in [0.05, 0.1) is 7.11 Å². The van der Waals surface area contributed by atoms with E-state index in [0.29, 0.717) is 5.69 Å². The zero-order valence-corrected chi connectivity index (χ0v) is 15.5. The van der Waals surface area contributed by atoms with Gasteiger partial charge in [-0.1, -0.05) is 28.1 Å². The van der Waals surface area contributed by atoms with Gasteiger partial charge in [0.15, 0.2) is 0 Å². The summed E-state index contributed by atoms with van der Waals surface area (Å²) in [5.41, 5.74) is 1.53. The summed E-state index contributed by atoms with van der Waals surface area (Å²) < 4.78 is 6.01. The first-order chi connectivity index (χ1) is 12.0. The van der Waals surface area contributed by atoms with Gasteiger partial charge in [0, 0.05) is 16.2 Å². The van der Waals surface area contributed by atoms with Gasteiger partial charge >= 0.3 is 0 Å². The highest BCUT2D eigenvalue weighted by Gasteiger charge is 2.14. The molecular formula is C19H19BrN2O3. The minimum atomic E-state index is -0.656. The number of carbonyl (C=O) groups is 2. The smallest absolute Gasteiger partial charge is 0.246 e. The van der Waals surface area contributed by atoms with Crippen LogP contribution in [0.5, 0.6) is 5.75 Å². The summed E-state index contributed by atoms with van der Waals surface area (Å²) in [7, 11) is 1.60. The van der Waals surface area contributed by atoms with Crippen molar-refractivity contribution >= 4 is 39.5 Å². The molecule has 2 aromatic rings. The Bertz CT molecular complexity index is 755. The Morgan fingerprint density at radius 3 is 2.32 bits per heavy atom. The van der Waals surface area contributed by atoms with Crippen LogP contribution in [0.3, 0.4) is 0 Å². The maximum Gasteiger partial charge on any atom is 0.246 e. The summed E-state index contributed by atoms with van der Waals surface area (Å²) in [6, 6.07) is 13.9. The van der Waals surface area contributed by atoms with Crippen molar-refractivity contribution in [2.24, 2.45) is 0 Å². The third-order valence-corrected chi connectivity index (χ3v) is 3.94. The summed E-state index contributed by atoms with van der Waals surface area (Å²) in [5, 5.41) is 5.38. The molecule has 0 heterocycles. The zero-order valence-electron chi connectivity index (χ0n) is 14.0. The lowest BCUT2D eigenvalue weighted by Gasteiger charge is -2.13. The van der Waals surface area contributed by atoms with Gasteiger partial charge in [-0.2, -0.15) is 0 Å². The van der Waals surface area contributed by atoms with Gasteiger partial charge in [0.1, 0.15) is 11.8 Å². The fourth-order valence-electron chi connectivity index (χ4n) is 2.00. The van der Waals surface area contributed by atoms with Gasteiger partial charge < -0.3 is 15.4 Å². The Morgan fingerprint density at radius 2 is 1.72 bits per heavy atom. The lowest BCUT2D eigenvalue weighted by molar-refractivity contribution is -0.123. The molecule has 0 fully saturated rings. The highest BCUT2D eigenvalue weighted by atomic mass is 79.9. The number of rotatable bonds is 6. The lowest BCUT2D eigenvalue weighted by atomic mass is 10.2. The number of nitrogens with one attached hydrogen (secondary N) is 2. The number of halogens is 1. The molecule has 0 aromatic heterocycles. The molecule has 6 heteroatoms. The number of carbonyl (C=O) groups excluding carboxylic acids is 2. The Kier molecular flexibility index (Phi) is 6.77. The van der Waals surface area contributed by atoms with Crippen molar-refractivity contribution in [1.29, 1.82) is 0 Å². The van der Waals surface area contributed by atoms with E-state index >= 15 is 0 Å². The molecule has 2 rings (SSSR count). The Morgan fingerprint density at radius 1 is 1.08 bits per heavy atom. The van der Waals surface area contributed by atoms with Crippen LogP contribution < -0.4 is 15.4 Å². The molecule has 0 aliphatic heterocycles. The Labute approximate surface area is 155 Å². The molecule has 0 saturated heterocycles. The van der Waals surface area contributed by atoms with Gasteiger partial charge in [0.2, 0.25) is 11.8 Å². The molecule has 0 spiro atoms. The number of ether oxygens (including phenoxy) is 1. The van der Waals surface area contributed by atoms with Gasteiger partial charge in [-0.05, 0) is 55.0 Å². The molecule has 0 radical (unpaired) electrons. The van der Waals surface area contributed by atoms with E-state index in [4.69, 9.17) is 4.74 Å². The number of hydrogen-bond donors (Lipinski definition) is 2. The van der Waals surface area contributed by atoms with Crippen LogP contribution >= 0.6 is 15.9 Å². The van der Waals surface area contributed by atoms with Crippen LogP contribution in [0.2, 0.25) is 0 Å². The number of benzene rings is 2. The molecule has 1 atom stereocenters. The average molecular weight is 403 g/mol. The van der Waals surface area contributed by atoms with Crippen LogP contribution in [-0.4, -0.2) is 25.0 Å². The number of anilines is 1. The fraction of sp³-hybridized carbons (Fsp3) is 0.158. The van der Waals surface area contributed by atoms with E-state index in [0.717, 1.165) is 15.8 Å². The van der Waals surface area contributed by atoms with Gasteiger partial charge in [-0.15, -0.1) is 0 Å². The average Bonchev–Trinajstić information content (AvgIpc) is 2.62. The second-order valence-corrected chi connectivity index (χ2v) is 6.25. The first-order valence-corrected chi connectivity index (χ1v) is 8.46. The fourth-order valence-corrected chi connectivity index (χ4v) is 2.26. The summed E-state index contributed by atoms with van der Waals surface area (Å²) in [5.74, 6) is 0.127. The molecule has 0 aliphatic rings. The van der Waals surface area contributed by atoms with Crippen LogP contribution in [0.1, 0.15) is 12.5 Å². The SMILES string of the molecule is COc1ccc(/C=C/C(=O)NC(C)C(=O)Nc2ccc(Br)cc2)cc1. The third-order valence-electron chi connectivity index (χ3n) is 3.41. The Balaban J connectivity index is 1.86. The molecule has 25 heavy (non-hydrogen) atoms. The van der Waals surface area contributed by atoms with Crippen molar-refractivity contribution in [2.75, 3.05) is 12.4 Å². The highest BCUT2D eigenvalue weighted by Crippen LogP contribution is 2.14. The van der Waals surface area contributed by atoms with Crippen molar-refractivity contribution in [2.45, 2.75) is 13.0 Å². The molecular weight excluding hydrogens is 384 g/mol. The molecule has 2 aromatic carbocycles. The van der Waals surface area contributed by atoms with Crippen LogP contribution in [0.15, 0.2) is 59.1 Å². The molecule has 0 aliphatic carbocycles. The minimum absolute atomic E-state index is 0.284. The predicted molar refractivity (Wildman–Crippen MR) is 102 cm³/mol. The van der Waals surface area contributed by atoms with Crippen LogP contribution in [0, 0.1) is 0 Å². The molecule has 5 nitrogen and oxygen atoms in total. The van der Waals surface area contributed by atoms with Crippen molar-refractivity contribution in [1.82, 2.24) is 5.32 Å². The number of hydrogen-bond acceptors (Lipinski definition) is 3. The summed E-state index contributed by atoms with van der Waals surface area (Å²) in [6.07, 6.45) is 3.07. The maximum atomic E-state index is 12.1. The second kappa shape index (κ2) is 9.03. The summed E-state index contributed by atoms with van der Waals surface area (Å²) >= 11 is 3.33. The van der Waals surface area contributed by atoms with Crippen molar-refractivity contribution in [3.8, 4) is 5.75 Å². The second-order valence-electron chi connectivity index (χ2n) is 5.33. The van der Waals surface area contributed by atoms with E-state index in [1.54, 1.807) is 32.2 Å². The predicted octanol–water partition coefficient (Wildman–Crippen LogP) is 3.61.